The van der Waals surface area contributed by atoms with Crippen molar-refractivity contribution in [1.29, 1.82) is 0 Å². The summed E-state index contributed by atoms with van der Waals surface area (Å²) < 4.78 is 1.65. The van der Waals surface area contributed by atoms with E-state index in [1.165, 1.54) is 0 Å². The molecule has 6 heteroatoms. The van der Waals surface area contributed by atoms with Gasteiger partial charge in [0.25, 0.3) is 5.56 Å². The topological polar surface area (TPSA) is 53.9 Å². The van der Waals surface area contributed by atoms with Gasteiger partial charge in [-0.1, -0.05) is 18.2 Å². The van der Waals surface area contributed by atoms with E-state index in [1.54, 1.807) is 22.6 Å². The van der Waals surface area contributed by atoms with Gasteiger partial charge < -0.3 is 4.90 Å². The molecule has 4 heterocycles. The second kappa shape index (κ2) is 5.21. The molecule has 0 amide bonds. The molecule has 1 unspecified atom stereocenters. The number of nitrogens with one attached hydrogen (secondary N) is 1. The van der Waals surface area contributed by atoms with Crippen molar-refractivity contribution in [3.63, 3.8) is 0 Å². The largest absolute Gasteiger partial charge is 0.304 e. The molecule has 0 radical (unpaired) electrons. The van der Waals surface area contributed by atoms with Crippen molar-refractivity contribution in [2.24, 2.45) is 0 Å². The van der Waals surface area contributed by atoms with Crippen molar-refractivity contribution in [3.05, 3.63) is 64.2 Å². The van der Waals surface area contributed by atoms with Crippen LogP contribution in [0, 0.1) is 0 Å². The van der Waals surface area contributed by atoms with Crippen LogP contribution in [-0.2, 0) is 11.5 Å². The van der Waals surface area contributed by atoms with Crippen LogP contribution in [0.3, 0.4) is 0 Å². The van der Waals surface area contributed by atoms with Crippen LogP contribution in [0.15, 0.2) is 47.4 Å². The van der Waals surface area contributed by atoms with Gasteiger partial charge in [-0.25, -0.2) is 9.67 Å². The number of H-pyrrole nitrogens is 1. The predicted octanol–water partition coefficient (Wildman–Crippen LogP) is 2.58. The third kappa shape index (κ3) is 2.02. The third-order valence-corrected chi connectivity index (χ3v) is 4.96. The average Bonchev–Trinajstić information content (AvgIpc) is 3.11. The van der Waals surface area contributed by atoms with Gasteiger partial charge in [0.2, 0.25) is 0 Å². The number of anilines is 1. The quantitative estimate of drug-likeness (QED) is 0.926. The Hall–Kier alpha value is -2.21. The van der Waals surface area contributed by atoms with E-state index in [0.29, 0.717) is 0 Å². The van der Waals surface area contributed by atoms with Crippen molar-refractivity contribution in [1.82, 2.24) is 14.8 Å². The van der Waals surface area contributed by atoms with Crippen LogP contribution in [-0.4, -0.2) is 20.8 Å². The molecule has 2 aliphatic heterocycles. The zero-order valence-corrected chi connectivity index (χ0v) is 13.0. The SMILES string of the molecule is CC1C=CC=C(n2[nH]c3c(c2=O)CSC3)N1c1ccccn1. The van der Waals surface area contributed by atoms with E-state index in [1.807, 2.05) is 30.4 Å². The number of hydrogen-bond donors (Lipinski definition) is 1. The van der Waals surface area contributed by atoms with E-state index < -0.39 is 0 Å². The van der Waals surface area contributed by atoms with Crippen LogP contribution in [0.2, 0.25) is 0 Å². The molecule has 0 aromatic carbocycles. The Morgan fingerprint density at radius 3 is 3.05 bits per heavy atom. The molecule has 2 aromatic heterocycles. The highest BCUT2D eigenvalue weighted by atomic mass is 32.2. The number of pyridine rings is 1. The van der Waals surface area contributed by atoms with Crippen LogP contribution >= 0.6 is 11.8 Å². The molecule has 2 aromatic rings. The van der Waals surface area contributed by atoms with Gasteiger partial charge in [0, 0.05) is 17.7 Å². The van der Waals surface area contributed by atoms with Gasteiger partial charge in [-0.15, -0.1) is 0 Å². The van der Waals surface area contributed by atoms with Gasteiger partial charge in [0.05, 0.1) is 17.3 Å². The van der Waals surface area contributed by atoms with Crippen molar-refractivity contribution in [2.45, 2.75) is 24.5 Å². The second-order valence-corrected chi connectivity index (χ2v) is 6.40. The molecule has 0 saturated heterocycles. The van der Waals surface area contributed by atoms with Gasteiger partial charge in [0.15, 0.2) is 0 Å². The smallest absolute Gasteiger partial charge is 0.276 e. The first kappa shape index (κ1) is 13.5. The normalized spacial score (nSPS) is 20.1. The standard InChI is InChI=1S/C16H16N4OS/c1-11-5-4-7-15(19(11)14-6-2-3-8-17-14)20-16(21)12-9-22-10-13(12)18-20/h2-8,11,18H,9-10H2,1H3. The Balaban J connectivity index is 1.84. The lowest BCUT2D eigenvalue weighted by Crippen LogP contribution is -2.38. The van der Waals surface area contributed by atoms with Crippen LogP contribution in [0.25, 0.3) is 5.82 Å². The fourth-order valence-electron chi connectivity index (χ4n) is 2.88. The summed E-state index contributed by atoms with van der Waals surface area (Å²) >= 11 is 1.77. The first-order chi connectivity index (χ1) is 10.8. The van der Waals surface area contributed by atoms with Crippen molar-refractivity contribution >= 4 is 23.4 Å². The molecule has 5 nitrogen and oxygen atoms in total. The monoisotopic (exact) mass is 312 g/mol. The molecule has 1 atom stereocenters. The lowest BCUT2D eigenvalue weighted by Gasteiger charge is -2.32. The van der Waals surface area contributed by atoms with Crippen LogP contribution < -0.4 is 10.5 Å². The molecule has 2 aliphatic rings. The lowest BCUT2D eigenvalue weighted by molar-refractivity contribution is 0.749. The maximum atomic E-state index is 12.6. The maximum Gasteiger partial charge on any atom is 0.276 e. The van der Waals surface area contributed by atoms with Gasteiger partial charge in [-0.05, 0) is 25.1 Å². The summed E-state index contributed by atoms with van der Waals surface area (Å²) in [4.78, 5) is 19.2. The molecular formula is C16H16N4OS. The van der Waals surface area contributed by atoms with E-state index in [-0.39, 0.29) is 11.6 Å². The zero-order chi connectivity index (χ0) is 15.1. The van der Waals surface area contributed by atoms with Gasteiger partial charge in [-0.3, -0.25) is 9.89 Å². The van der Waals surface area contributed by atoms with E-state index in [9.17, 15) is 4.79 Å². The first-order valence-electron chi connectivity index (χ1n) is 7.25. The summed E-state index contributed by atoms with van der Waals surface area (Å²) in [5.74, 6) is 3.32. The van der Waals surface area contributed by atoms with E-state index in [4.69, 9.17) is 0 Å². The molecule has 4 rings (SSSR count). The Morgan fingerprint density at radius 1 is 1.36 bits per heavy atom. The molecule has 0 fully saturated rings. The molecule has 0 spiro atoms. The van der Waals surface area contributed by atoms with Crippen molar-refractivity contribution in [2.75, 3.05) is 4.90 Å². The average molecular weight is 312 g/mol. The number of thioether (sulfide) groups is 1. The predicted molar refractivity (Wildman–Crippen MR) is 89.6 cm³/mol. The summed E-state index contributed by atoms with van der Waals surface area (Å²) in [6.45, 7) is 2.09. The number of rotatable bonds is 2. The lowest BCUT2D eigenvalue weighted by atomic mass is 10.2. The summed E-state index contributed by atoms with van der Waals surface area (Å²) in [6, 6.07) is 5.94. The van der Waals surface area contributed by atoms with E-state index in [2.05, 4.69) is 28.0 Å². The maximum absolute atomic E-state index is 12.6. The highest BCUT2D eigenvalue weighted by Gasteiger charge is 2.27. The molecule has 112 valence electrons. The molecule has 0 saturated carbocycles. The van der Waals surface area contributed by atoms with E-state index in [0.717, 1.165) is 34.4 Å². The van der Waals surface area contributed by atoms with Crippen LogP contribution in [0.4, 0.5) is 5.82 Å². The molecule has 0 bridgehead atoms. The number of aromatic amines is 1. The summed E-state index contributed by atoms with van der Waals surface area (Å²) in [5, 5.41) is 3.26. The fourth-order valence-corrected chi connectivity index (χ4v) is 3.93. The molecule has 22 heavy (non-hydrogen) atoms. The number of aromatic nitrogens is 3. The summed E-state index contributed by atoms with van der Waals surface area (Å²) in [7, 11) is 0. The number of hydrogen-bond acceptors (Lipinski definition) is 4. The van der Waals surface area contributed by atoms with Gasteiger partial charge >= 0.3 is 0 Å². The minimum Gasteiger partial charge on any atom is -0.304 e. The molecular weight excluding hydrogens is 296 g/mol. The van der Waals surface area contributed by atoms with Crippen molar-refractivity contribution < 1.29 is 0 Å². The minimum atomic E-state index is 0.0506. The Kier molecular flexibility index (Phi) is 3.18. The first-order valence-corrected chi connectivity index (χ1v) is 8.41. The van der Waals surface area contributed by atoms with Crippen LogP contribution in [0.5, 0.6) is 0 Å². The molecule has 1 N–H and O–H groups in total. The number of nitrogens with zero attached hydrogens (tertiary/aromatic N) is 3. The van der Waals surface area contributed by atoms with E-state index >= 15 is 0 Å². The zero-order valence-electron chi connectivity index (χ0n) is 12.2. The van der Waals surface area contributed by atoms with Crippen molar-refractivity contribution in [3.8, 4) is 0 Å². The minimum absolute atomic E-state index is 0.0506. The van der Waals surface area contributed by atoms with Gasteiger partial charge in [0.1, 0.15) is 11.6 Å². The highest BCUT2D eigenvalue weighted by Crippen LogP contribution is 2.29. The Bertz CT molecular complexity index is 818. The number of allylic oxidation sites excluding steroid dienone is 2. The Labute approximate surface area is 132 Å². The van der Waals surface area contributed by atoms with Gasteiger partial charge in [-0.2, -0.15) is 11.8 Å². The van der Waals surface area contributed by atoms with Crippen LogP contribution in [0.1, 0.15) is 18.2 Å². The Morgan fingerprint density at radius 2 is 2.27 bits per heavy atom. The number of fused-ring (bicyclic) bond motifs is 1. The highest BCUT2D eigenvalue weighted by molar-refractivity contribution is 7.98. The third-order valence-electron chi connectivity index (χ3n) is 3.98. The summed E-state index contributed by atoms with van der Waals surface area (Å²) in [5.41, 5.74) is 1.99. The summed E-state index contributed by atoms with van der Waals surface area (Å²) in [6.07, 6.45) is 7.81. The molecule has 0 aliphatic carbocycles. The fraction of sp³-hybridized carbons (Fsp3) is 0.250. The second-order valence-electron chi connectivity index (χ2n) is 5.41.